The highest BCUT2D eigenvalue weighted by Crippen LogP contribution is 2.52. The number of hydrogen-bond donors (Lipinski definition) is 2. The first-order chi connectivity index (χ1) is 12.4. The summed E-state index contributed by atoms with van der Waals surface area (Å²) in [5.41, 5.74) is -1.02. The summed E-state index contributed by atoms with van der Waals surface area (Å²) >= 11 is 5.78. The molecule has 2 aromatic rings. The molecule has 8 heteroatoms. The van der Waals surface area contributed by atoms with Crippen LogP contribution in [0, 0.1) is 0 Å². The molecule has 0 saturated heterocycles. The summed E-state index contributed by atoms with van der Waals surface area (Å²) in [6, 6.07) is 7.60. The first-order valence-corrected chi connectivity index (χ1v) is 8.47. The Morgan fingerprint density at radius 2 is 2.04 bits per heavy atom. The monoisotopic (exact) mass is 381 g/mol. The minimum atomic E-state index is -4.73. The summed E-state index contributed by atoms with van der Waals surface area (Å²) in [5, 5.41) is 6.02. The molecule has 1 aromatic carbocycles. The molecule has 2 aliphatic rings. The largest absolute Gasteiger partial charge is 0.455 e. The summed E-state index contributed by atoms with van der Waals surface area (Å²) in [7, 11) is 0. The van der Waals surface area contributed by atoms with E-state index >= 15 is 0 Å². The molecule has 0 bridgehead atoms. The number of alkyl halides is 3. The summed E-state index contributed by atoms with van der Waals surface area (Å²) in [6.07, 6.45) is -0.841. The van der Waals surface area contributed by atoms with Crippen LogP contribution >= 0.6 is 11.6 Å². The number of ether oxygens (including phenoxy) is 1. The van der Waals surface area contributed by atoms with Crippen LogP contribution in [0.15, 0.2) is 42.6 Å². The van der Waals surface area contributed by atoms with E-state index in [1.54, 1.807) is 12.1 Å². The SMILES string of the molecule is FC(F)(F)C1(c2ccc(Cl)cn2)Nc2c(cccc2C2=CCNCC2)O1. The zero-order valence-electron chi connectivity index (χ0n) is 13.5. The number of benzene rings is 1. The maximum Gasteiger partial charge on any atom is 0.455 e. The number of nitrogens with one attached hydrogen (secondary N) is 2. The van der Waals surface area contributed by atoms with Gasteiger partial charge in [-0.05, 0) is 36.7 Å². The van der Waals surface area contributed by atoms with E-state index in [2.05, 4.69) is 15.6 Å². The third kappa shape index (κ3) is 2.71. The molecule has 0 amide bonds. The summed E-state index contributed by atoms with van der Waals surface area (Å²) in [5.74, 6) is 0.149. The van der Waals surface area contributed by atoms with Crippen LogP contribution in [-0.2, 0) is 5.72 Å². The normalized spacial score (nSPS) is 22.2. The Morgan fingerprint density at radius 1 is 1.19 bits per heavy atom. The van der Waals surface area contributed by atoms with Gasteiger partial charge in [-0.25, -0.2) is 0 Å². The Kier molecular flexibility index (Phi) is 4.08. The van der Waals surface area contributed by atoms with E-state index < -0.39 is 11.9 Å². The first kappa shape index (κ1) is 17.2. The van der Waals surface area contributed by atoms with Crippen LogP contribution in [0.4, 0.5) is 18.9 Å². The van der Waals surface area contributed by atoms with Crippen LogP contribution in [0.2, 0.25) is 5.02 Å². The van der Waals surface area contributed by atoms with Gasteiger partial charge < -0.3 is 15.4 Å². The Balaban J connectivity index is 1.82. The molecule has 4 nitrogen and oxygen atoms in total. The van der Waals surface area contributed by atoms with Crippen molar-refractivity contribution in [3.63, 3.8) is 0 Å². The lowest BCUT2D eigenvalue weighted by Crippen LogP contribution is -2.51. The zero-order valence-corrected chi connectivity index (χ0v) is 14.3. The second kappa shape index (κ2) is 6.17. The second-order valence-electron chi connectivity index (χ2n) is 6.13. The quantitative estimate of drug-likeness (QED) is 0.812. The predicted octanol–water partition coefficient (Wildman–Crippen LogP) is 4.33. The van der Waals surface area contributed by atoms with Gasteiger partial charge in [0.05, 0.1) is 10.7 Å². The fraction of sp³-hybridized carbons (Fsp3) is 0.278. The van der Waals surface area contributed by atoms with Crippen LogP contribution in [-0.4, -0.2) is 24.2 Å². The van der Waals surface area contributed by atoms with Crippen LogP contribution in [0.25, 0.3) is 5.57 Å². The molecule has 1 aromatic heterocycles. The number of fused-ring (bicyclic) bond motifs is 1. The van der Waals surface area contributed by atoms with Crippen molar-refractivity contribution in [1.82, 2.24) is 10.3 Å². The summed E-state index contributed by atoms with van der Waals surface area (Å²) in [4.78, 5) is 3.86. The van der Waals surface area contributed by atoms with Gasteiger partial charge >= 0.3 is 11.9 Å². The summed E-state index contributed by atoms with van der Waals surface area (Å²) in [6.45, 7) is 1.46. The van der Waals surface area contributed by atoms with Gasteiger partial charge in [0, 0.05) is 18.3 Å². The molecule has 1 unspecified atom stereocenters. The molecule has 0 radical (unpaired) electrons. The average molecular weight is 382 g/mol. The third-order valence-electron chi connectivity index (χ3n) is 4.49. The predicted molar refractivity (Wildman–Crippen MR) is 93.1 cm³/mol. The molecular formula is C18H15ClF3N3O. The van der Waals surface area contributed by atoms with Crippen molar-refractivity contribution in [2.24, 2.45) is 0 Å². The van der Waals surface area contributed by atoms with Crippen molar-refractivity contribution in [1.29, 1.82) is 0 Å². The number of rotatable bonds is 2. The maximum atomic E-state index is 14.1. The number of aromatic nitrogens is 1. The molecule has 2 N–H and O–H groups in total. The number of anilines is 1. The third-order valence-corrected chi connectivity index (χ3v) is 4.71. The lowest BCUT2D eigenvalue weighted by Gasteiger charge is -2.30. The van der Waals surface area contributed by atoms with Crippen molar-refractivity contribution in [2.75, 3.05) is 18.4 Å². The van der Waals surface area contributed by atoms with Crippen molar-refractivity contribution < 1.29 is 17.9 Å². The van der Waals surface area contributed by atoms with E-state index in [-0.39, 0.29) is 16.5 Å². The van der Waals surface area contributed by atoms with Gasteiger partial charge in [-0.15, -0.1) is 0 Å². The molecule has 3 heterocycles. The number of hydrogen-bond acceptors (Lipinski definition) is 4. The van der Waals surface area contributed by atoms with Gasteiger partial charge in [0.15, 0.2) is 0 Å². The van der Waals surface area contributed by atoms with E-state index in [9.17, 15) is 13.2 Å². The van der Waals surface area contributed by atoms with Crippen LogP contribution in [0.5, 0.6) is 5.75 Å². The van der Waals surface area contributed by atoms with Gasteiger partial charge in [0.25, 0.3) is 0 Å². The highest BCUT2D eigenvalue weighted by molar-refractivity contribution is 6.30. The molecule has 0 saturated carbocycles. The van der Waals surface area contributed by atoms with Gasteiger partial charge in [-0.2, -0.15) is 13.2 Å². The minimum absolute atomic E-state index is 0.149. The standard InChI is InChI=1S/C18H15ClF3N3O/c19-12-4-5-15(24-10-12)17(18(20,21)22)25-16-13(2-1-3-14(16)26-17)11-6-8-23-9-7-11/h1-6,10,23,25H,7-9H2. The fourth-order valence-electron chi connectivity index (χ4n) is 3.22. The Bertz CT molecular complexity index is 867. The number of halogens is 4. The fourth-order valence-corrected chi connectivity index (χ4v) is 3.33. The molecule has 1 atom stereocenters. The molecule has 4 rings (SSSR count). The van der Waals surface area contributed by atoms with Crippen LogP contribution in [0.1, 0.15) is 17.7 Å². The number of nitrogens with zero attached hydrogens (tertiary/aromatic N) is 1. The Labute approximate surface area is 153 Å². The molecule has 26 heavy (non-hydrogen) atoms. The van der Waals surface area contributed by atoms with E-state index in [1.807, 2.05) is 6.08 Å². The van der Waals surface area contributed by atoms with Gasteiger partial charge in [-0.3, -0.25) is 4.98 Å². The minimum Gasteiger partial charge on any atom is -0.451 e. The van der Waals surface area contributed by atoms with Crippen LogP contribution < -0.4 is 15.4 Å². The molecule has 0 aliphatic carbocycles. The number of para-hydroxylation sites is 1. The van der Waals surface area contributed by atoms with Gasteiger partial charge in [0.2, 0.25) is 0 Å². The highest BCUT2D eigenvalue weighted by Gasteiger charge is 2.63. The van der Waals surface area contributed by atoms with Gasteiger partial charge in [0.1, 0.15) is 11.4 Å². The zero-order chi connectivity index (χ0) is 18.4. The number of pyridine rings is 1. The smallest absolute Gasteiger partial charge is 0.451 e. The van der Waals surface area contributed by atoms with E-state index in [0.717, 1.165) is 18.5 Å². The molecule has 0 fully saturated rings. The molecule has 136 valence electrons. The van der Waals surface area contributed by atoms with Crippen LogP contribution in [0.3, 0.4) is 0 Å². The molecular weight excluding hydrogens is 367 g/mol. The lowest BCUT2D eigenvalue weighted by molar-refractivity contribution is -0.239. The topological polar surface area (TPSA) is 46.2 Å². The highest BCUT2D eigenvalue weighted by atomic mass is 35.5. The summed E-state index contributed by atoms with van der Waals surface area (Å²) < 4.78 is 47.6. The first-order valence-electron chi connectivity index (χ1n) is 8.10. The van der Waals surface area contributed by atoms with Crippen molar-refractivity contribution in [2.45, 2.75) is 18.3 Å². The van der Waals surface area contributed by atoms with Gasteiger partial charge in [-0.1, -0.05) is 29.8 Å². The Hall–Kier alpha value is -2.25. The van der Waals surface area contributed by atoms with E-state index in [1.165, 1.54) is 24.4 Å². The van der Waals surface area contributed by atoms with Crippen molar-refractivity contribution in [3.8, 4) is 5.75 Å². The second-order valence-corrected chi connectivity index (χ2v) is 6.57. The van der Waals surface area contributed by atoms with E-state index in [0.29, 0.717) is 17.8 Å². The average Bonchev–Trinajstić information content (AvgIpc) is 3.04. The van der Waals surface area contributed by atoms with E-state index in [4.69, 9.17) is 16.3 Å². The van der Waals surface area contributed by atoms with Crippen molar-refractivity contribution >= 4 is 22.9 Å². The molecule has 0 spiro atoms. The van der Waals surface area contributed by atoms with Crippen molar-refractivity contribution in [3.05, 3.63) is 58.9 Å². The Morgan fingerprint density at radius 3 is 2.69 bits per heavy atom. The lowest BCUT2D eigenvalue weighted by atomic mass is 9.98. The molecule has 2 aliphatic heterocycles. The maximum absolute atomic E-state index is 14.1.